The molecule has 1 fully saturated rings. The predicted octanol–water partition coefficient (Wildman–Crippen LogP) is 2.90. The molecule has 0 aliphatic carbocycles. The van der Waals surface area contributed by atoms with Crippen LogP contribution in [0.25, 0.3) is 0 Å². The van der Waals surface area contributed by atoms with Crippen molar-refractivity contribution in [2.45, 2.75) is 25.8 Å². The lowest BCUT2D eigenvalue weighted by Crippen LogP contribution is -2.43. The van der Waals surface area contributed by atoms with E-state index in [2.05, 4.69) is 5.32 Å². The topological polar surface area (TPSA) is 58.6 Å². The molecule has 2 amide bonds. The number of likely N-dealkylation sites (tertiary alicyclic amines) is 1. The first-order chi connectivity index (χ1) is 9.61. The van der Waals surface area contributed by atoms with Gasteiger partial charge in [-0.1, -0.05) is 11.6 Å². The van der Waals surface area contributed by atoms with Gasteiger partial charge in [-0.2, -0.15) is 0 Å². The zero-order valence-electron chi connectivity index (χ0n) is 11.3. The van der Waals surface area contributed by atoms with Gasteiger partial charge in [-0.15, -0.1) is 0 Å². The Morgan fingerprint density at radius 3 is 2.75 bits per heavy atom. The second-order valence-corrected chi connectivity index (χ2v) is 4.98. The number of anilines is 1. The van der Waals surface area contributed by atoms with Gasteiger partial charge in [-0.3, -0.25) is 9.69 Å². The highest BCUT2D eigenvalue weighted by Crippen LogP contribution is 2.21. The van der Waals surface area contributed by atoms with Gasteiger partial charge in [0.05, 0.1) is 6.61 Å². The smallest absolute Gasteiger partial charge is 0.410 e. The summed E-state index contributed by atoms with van der Waals surface area (Å²) in [5, 5.41) is 3.40. The number of carbonyl (C=O) groups excluding carboxylic acids is 2. The van der Waals surface area contributed by atoms with Crippen LogP contribution in [0.3, 0.4) is 0 Å². The molecule has 20 heavy (non-hydrogen) atoms. The fraction of sp³-hybridized carbons (Fsp3) is 0.429. The van der Waals surface area contributed by atoms with Gasteiger partial charge in [0.1, 0.15) is 6.04 Å². The van der Waals surface area contributed by atoms with Gasteiger partial charge in [0, 0.05) is 17.3 Å². The monoisotopic (exact) mass is 296 g/mol. The van der Waals surface area contributed by atoms with E-state index in [1.54, 1.807) is 31.2 Å². The van der Waals surface area contributed by atoms with Crippen molar-refractivity contribution in [3.8, 4) is 0 Å². The molecular formula is C14H17ClN2O3. The van der Waals surface area contributed by atoms with Crippen molar-refractivity contribution in [3.05, 3.63) is 29.3 Å². The van der Waals surface area contributed by atoms with Gasteiger partial charge >= 0.3 is 6.09 Å². The summed E-state index contributed by atoms with van der Waals surface area (Å²) in [5.41, 5.74) is 0.662. The van der Waals surface area contributed by atoms with E-state index in [-0.39, 0.29) is 5.91 Å². The summed E-state index contributed by atoms with van der Waals surface area (Å²) in [6, 6.07) is 6.39. The molecular weight excluding hydrogens is 280 g/mol. The Morgan fingerprint density at radius 1 is 1.40 bits per heavy atom. The normalized spacial score (nSPS) is 17.9. The lowest BCUT2D eigenvalue weighted by Gasteiger charge is -2.23. The summed E-state index contributed by atoms with van der Waals surface area (Å²) in [4.78, 5) is 25.5. The fourth-order valence-corrected chi connectivity index (χ4v) is 2.35. The maximum Gasteiger partial charge on any atom is 0.410 e. The van der Waals surface area contributed by atoms with Crippen molar-refractivity contribution in [1.82, 2.24) is 4.90 Å². The van der Waals surface area contributed by atoms with Crippen molar-refractivity contribution in [1.29, 1.82) is 0 Å². The number of rotatable bonds is 3. The van der Waals surface area contributed by atoms with E-state index < -0.39 is 12.1 Å². The third-order valence-electron chi connectivity index (χ3n) is 3.17. The largest absolute Gasteiger partial charge is 0.450 e. The van der Waals surface area contributed by atoms with Crippen molar-refractivity contribution in [3.63, 3.8) is 0 Å². The second-order valence-electron chi connectivity index (χ2n) is 4.55. The first-order valence-electron chi connectivity index (χ1n) is 6.61. The number of hydrogen-bond donors (Lipinski definition) is 1. The van der Waals surface area contributed by atoms with Crippen LogP contribution in [0.1, 0.15) is 19.8 Å². The molecule has 0 radical (unpaired) electrons. The Bertz CT molecular complexity index is 490. The number of halogens is 1. The number of amides is 2. The Hall–Kier alpha value is -1.75. The van der Waals surface area contributed by atoms with Crippen LogP contribution in [-0.4, -0.2) is 36.1 Å². The second kappa shape index (κ2) is 6.61. The van der Waals surface area contributed by atoms with Gasteiger partial charge in [-0.25, -0.2) is 4.79 Å². The summed E-state index contributed by atoms with van der Waals surface area (Å²) in [5.74, 6) is -0.196. The third kappa shape index (κ3) is 3.42. The molecule has 108 valence electrons. The van der Waals surface area contributed by atoms with E-state index in [1.807, 2.05) is 0 Å². The molecule has 2 rings (SSSR count). The molecule has 0 bridgehead atoms. The highest BCUT2D eigenvalue weighted by atomic mass is 35.5. The number of nitrogens with zero attached hydrogens (tertiary/aromatic N) is 1. The molecule has 0 aromatic heterocycles. The maximum absolute atomic E-state index is 12.2. The Morgan fingerprint density at radius 2 is 2.10 bits per heavy atom. The molecule has 1 atom stereocenters. The van der Waals surface area contributed by atoms with Crippen LogP contribution < -0.4 is 5.32 Å². The maximum atomic E-state index is 12.2. The lowest BCUT2D eigenvalue weighted by atomic mass is 10.2. The molecule has 1 saturated heterocycles. The molecule has 1 aromatic carbocycles. The molecule has 0 saturated carbocycles. The standard InChI is InChI=1S/C14H17ClN2O3/c1-2-20-14(19)17-9-3-4-12(17)13(18)16-11-7-5-10(15)6-8-11/h5-8,12H,2-4,9H2,1H3,(H,16,18)/t12-/m1/s1. The average molecular weight is 297 g/mol. The highest BCUT2D eigenvalue weighted by molar-refractivity contribution is 6.30. The van der Waals surface area contributed by atoms with Gasteiger partial charge in [0.25, 0.3) is 0 Å². The zero-order valence-corrected chi connectivity index (χ0v) is 12.0. The minimum Gasteiger partial charge on any atom is -0.450 e. The third-order valence-corrected chi connectivity index (χ3v) is 3.42. The minimum absolute atomic E-state index is 0.196. The van der Waals surface area contributed by atoms with Crippen molar-refractivity contribution >= 4 is 29.3 Å². The molecule has 1 aliphatic rings. The quantitative estimate of drug-likeness (QED) is 0.933. The van der Waals surface area contributed by atoms with Gasteiger partial charge in [0.15, 0.2) is 0 Å². The average Bonchev–Trinajstić information content (AvgIpc) is 2.91. The van der Waals surface area contributed by atoms with Gasteiger partial charge < -0.3 is 10.1 Å². The first kappa shape index (κ1) is 14.7. The molecule has 1 aromatic rings. The van der Waals surface area contributed by atoms with Crippen LogP contribution in [0.4, 0.5) is 10.5 Å². The van der Waals surface area contributed by atoms with Crippen molar-refractivity contribution in [2.75, 3.05) is 18.5 Å². The summed E-state index contributed by atoms with van der Waals surface area (Å²) in [6.45, 7) is 2.61. The van der Waals surface area contributed by atoms with Crippen LogP contribution in [0.5, 0.6) is 0 Å². The molecule has 1 aliphatic heterocycles. The van der Waals surface area contributed by atoms with Crippen LogP contribution in [-0.2, 0) is 9.53 Å². The van der Waals surface area contributed by atoms with Crippen LogP contribution in [0, 0.1) is 0 Å². The first-order valence-corrected chi connectivity index (χ1v) is 6.99. The molecule has 0 unspecified atom stereocenters. The summed E-state index contributed by atoms with van der Waals surface area (Å²) >= 11 is 5.79. The van der Waals surface area contributed by atoms with Crippen LogP contribution in [0.2, 0.25) is 5.02 Å². The van der Waals surface area contributed by atoms with Gasteiger partial charge in [-0.05, 0) is 44.0 Å². The van der Waals surface area contributed by atoms with E-state index in [1.165, 1.54) is 4.90 Å². The van der Waals surface area contributed by atoms with E-state index >= 15 is 0 Å². The van der Waals surface area contributed by atoms with Crippen LogP contribution in [0.15, 0.2) is 24.3 Å². The van der Waals surface area contributed by atoms with Crippen LogP contribution >= 0.6 is 11.6 Å². The van der Waals surface area contributed by atoms with Crippen molar-refractivity contribution < 1.29 is 14.3 Å². The number of hydrogen-bond acceptors (Lipinski definition) is 3. The number of carbonyl (C=O) groups is 2. The summed E-state index contributed by atoms with van der Waals surface area (Å²) in [6.07, 6.45) is 1.02. The van der Waals surface area contributed by atoms with E-state index in [0.717, 1.165) is 6.42 Å². The lowest BCUT2D eigenvalue weighted by molar-refractivity contribution is -0.120. The Kier molecular flexibility index (Phi) is 4.84. The highest BCUT2D eigenvalue weighted by Gasteiger charge is 2.34. The van der Waals surface area contributed by atoms with Crippen molar-refractivity contribution in [2.24, 2.45) is 0 Å². The minimum atomic E-state index is -0.468. The number of nitrogens with one attached hydrogen (secondary N) is 1. The Labute approximate surface area is 122 Å². The number of benzene rings is 1. The molecule has 6 heteroatoms. The fourth-order valence-electron chi connectivity index (χ4n) is 2.22. The SMILES string of the molecule is CCOC(=O)N1CCC[C@@H]1C(=O)Nc1ccc(Cl)cc1. The van der Waals surface area contributed by atoms with E-state index in [9.17, 15) is 9.59 Å². The number of ether oxygens (including phenoxy) is 1. The Balaban J connectivity index is 2.00. The molecule has 1 heterocycles. The molecule has 1 N–H and O–H groups in total. The molecule has 0 spiro atoms. The van der Waals surface area contributed by atoms with E-state index in [0.29, 0.717) is 30.3 Å². The summed E-state index contributed by atoms with van der Waals surface area (Å²) in [7, 11) is 0. The summed E-state index contributed by atoms with van der Waals surface area (Å²) < 4.78 is 4.96. The predicted molar refractivity (Wildman–Crippen MR) is 76.8 cm³/mol. The van der Waals surface area contributed by atoms with Gasteiger partial charge in [0.2, 0.25) is 5.91 Å². The zero-order chi connectivity index (χ0) is 14.5. The molecule has 5 nitrogen and oxygen atoms in total. The van der Waals surface area contributed by atoms with E-state index in [4.69, 9.17) is 16.3 Å².